The van der Waals surface area contributed by atoms with Crippen LogP contribution in [0.2, 0.25) is 0 Å². The number of carbonyl (C=O) groups excluding carboxylic acids is 1. The molecule has 0 spiro atoms. The van der Waals surface area contributed by atoms with Gasteiger partial charge in [0, 0.05) is 6.04 Å². The third-order valence-electron chi connectivity index (χ3n) is 3.92. The number of hydrogen-bond acceptors (Lipinski definition) is 3. The van der Waals surface area contributed by atoms with Gasteiger partial charge in [-0.2, -0.15) is 0 Å². The van der Waals surface area contributed by atoms with E-state index in [1.807, 2.05) is 25.1 Å². The van der Waals surface area contributed by atoms with Gasteiger partial charge in [0.15, 0.2) is 0 Å². The molecule has 22 heavy (non-hydrogen) atoms. The Morgan fingerprint density at radius 1 is 1.18 bits per heavy atom. The highest BCUT2D eigenvalue weighted by Gasteiger charge is 2.27. The molecule has 0 aromatic heterocycles. The van der Waals surface area contributed by atoms with Crippen molar-refractivity contribution in [3.05, 3.63) is 47.0 Å². The van der Waals surface area contributed by atoms with Crippen LogP contribution in [-0.2, 0) is 0 Å². The minimum Gasteiger partial charge on any atom is -0.507 e. The van der Waals surface area contributed by atoms with E-state index in [4.69, 9.17) is 0 Å². The molecule has 1 saturated carbocycles. The summed E-state index contributed by atoms with van der Waals surface area (Å²) >= 11 is 0. The Kier molecular flexibility index (Phi) is 3.53. The number of rotatable bonds is 3. The molecule has 2 aromatic carbocycles. The summed E-state index contributed by atoms with van der Waals surface area (Å²) in [6, 6.07) is 9.20. The van der Waals surface area contributed by atoms with Crippen LogP contribution in [0, 0.1) is 13.8 Å². The van der Waals surface area contributed by atoms with Gasteiger partial charge in [0.2, 0.25) is 0 Å². The Hall–Kier alpha value is -2.49. The topological polar surface area (TPSA) is 69.6 Å². The zero-order valence-corrected chi connectivity index (χ0v) is 12.7. The van der Waals surface area contributed by atoms with Crippen molar-refractivity contribution < 1.29 is 15.0 Å². The first-order valence-corrected chi connectivity index (χ1v) is 7.41. The summed E-state index contributed by atoms with van der Waals surface area (Å²) in [6.45, 7) is 3.65. The van der Waals surface area contributed by atoms with Crippen LogP contribution in [-0.4, -0.2) is 22.2 Å². The normalized spacial score (nSPS) is 13.9. The first-order valence-electron chi connectivity index (χ1n) is 7.41. The first kappa shape index (κ1) is 14.4. The molecule has 2 aromatic rings. The van der Waals surface area contributed by atoms with E-state index in [2.05, 4.69) is 5.32 Å². The number of phenols is 2. The summed E-state index contributed by atoms with van der Waals surface area (Å²) in [5.41, 5.74) is 2.80. The molecule has 114 valence electrons. The van der Waals surface area contributed by atoms with Gasteiger partial charge in [0.25, 0.3) is 5.91 Å². The summed E-state index contributed by atoms with van der Waals surface area (Å²) in [7, 11) is 0. The van der Waals surface area contributed by atoms with Gasteiger partial charge in [-0.1, -0.05) is 29.8 Å². The predicted octanol–water partition coefficient (Wildman–Crippen LogP) is 3.27. The molecule has 0 radical (unpaired) electrons. The van der Waals surface area contributed by atoms with E-state index in [9.17, 15) is 15.0 Å². The Morgan fingerprint density at radius 3 is 2.55 bits per heavy atom. The highest BCUT2D eigenvalue weighted by molar-refractivity contribution is 6.02. The molecular weight excluding hydrogens is 278 g/mol. The fourth-order valence-electron chi connectivity index (χ4n) is 2.64. The minimum absolute atomic E-state index is 0.0245. The zero-order valence-electron chi connectivity index (χ0n) is 12.7. The maximum Gasteiger partial charge on any atom is 0.255 e. The average molecular weight is 297 g/mol. The van der Waals surface area contributed by atoms with Gasteiger partial charge >= 0.3 is 0 Å². The lowest BCUT2D eigenvalue weighted by molar-refractivity contribution is 0.0948. The van der Waals surface area contributed by atoms with Gasteiger partial charge in [0.05, 0.1) is 11.1 Å². The van der Waals surface area contributed by atoms with Gasteiger partial charge in [-0.3, -0.25) is 4.79 Å². The Balaban J connectivity index is 2.12. The van der Waals surface area contributed by atoms with E-state index in [1.165, 1.54) is 6.07 Å². The SMILES string of the molecule is Cc1cccc(-c2c(O)cc(C)c(C(=O)NC3CC3)c2O)c1. The van der Waals surface area contributed by atoms with Crippen molar-refractivity contribution in [2.24, 2.45) is 0 Å². The maximum atomic E-state index is 12.3. The van der Waals surface area contributed by atoms with Crippen LogP contribution in [0.25, 0.3) is 11.1 Å². The van der Waals surface area contributed by atoms with Crippen molar-refractivity contribution in [1.29, 1.82) is 0 Å². The smallest absolute Gasteiger partial charge is 0.255 e. The fourth-order valence-corrected chi connectivity index (χ4v) is 2.64. The van der Waals surface area contributed by atoms with E-state index in [0.717, 1.165) is 18.4 Å². The number of nitrogens with one attached hydrogen (secondary N) is 1. The molecular formula is C18H19NO3. The second-order valence-electron chi connectivity index (χ2n) is 5.93. The van der Waals surface area contributed by atoms with Crippen LogP contribution in [0.4, 0.5) is 0 Å². The number of carbonyl (C=O) groups is 1. The minimum atomic E-state index is -0.286. The van der Waals surface area contributed by atoms with E-state index >= 15 is 0 Å². The number of benzene rings is 2. The summed E-state index contributed by atoms with van der Waals surface area (Å²) < 4.78 is 0. The molecule has 0 heterocycles. The standard InChI is InChI=1S/C18H19NO3/c1-10-4-3-5-12(8-10)16-14(20)9-11(2)15(17(16)21)18(22)19-13-6-7-13/h3-5,8-9,13,20-21H,6-7H2,1-2H3,(H,19,22). The highest BCUT2D eigenvalue weighted by atomic mass is 16.3. The quantitative estimate of drug-likeness (QED) is 0.814. The Morgan fingerprint density at radius 2 is 1.91 bits per heavy atom. The monoisotopic (exact) mass is 297 g/mol. The van der Waals surface area contributed by atoms with E-state index in [1.54, 1.807) is 13.0 Å². The van der Waals surface area contributed by atoms with E-state index in [-0.39, 0.29) is 29.0 Å². The molecule has 4 heteroatoms. The van der Waals surface area contributed by atoms with Crippen LogP contribution in [0.5, 0.6) is 11.5 Å². The zero-order chi connectivity index (χ0) is 15.9. The van der Waals surface area contributed by atoms with Crippen LogP contribution >= 0.6 is 0 Å². The molecule has 1 aliphatic rings. The van der Waals surface area contributed by atoms with Crippen LogP contribution in [0.3, 0.4) is 0 Å². The van der Waals surface area contributed by atoms with Crippen LogP contribution < -0.4 is 5.32 Å². The third kappa shape index (κ3) is 2.64. The molecule has 4 nitrogen and oxygen atoms in total. The van der Waals surface area contributed by atoms with Gasteiger partial charge in [-0.15, -0.1) is 0 Å². The number of aromatic hydroxyl groups is 2. The second kappa shape index (κ2) is 5.37. The number of hydrogen-bond donors (Lipinski definition) is 3. The largest absolute Gasteiger partial charge is 0.507 e. The van der Waals surface area contributed by atoms with Crippen LogP contribution in [0.1, 0.15) is 34.3 Å². The lowest BCUT2D eigenvalue weighted by Crippen LogP contribution is -2.26. The van der Waals surface area contributed by atoms with Crippen molar-refractivity contribution in [3.63, 3.8) is 0 Å². The highest BCUT2D eigenvalue weighted by Crippen LogP contribution is 2.41. The summed E-state index contributed by atoms with van der Waals surface area (Å²) in [6.07, 6.45) is 1.96. The molecule has 1 aliphatic carbocycles. The van der Waals surface area contributed by atoms with Crippen molar-refractivity contribution in [2.45, 2.75) is 32.7 Å². The molecule has 3 N–H and O–H groups in total. The van der Waals surface area contributed by atoms with Gasteiger partial charge < -0.3 is 15.5 Å². The van der Waals surface area contributed by atoms with Crippen molar-refractivity contribution in [1.82, 2.24) is 5.32 Å². The maximum absolute atomic E-state index is 12.3. The number of aryl methyl sites for hydroxylation is 2. The average Bonchev–Trinajstić information content (AvgIpc) is 3.22. The van der Waals surface area contributed by atoms with Crippen molar-refractivity contribution in [2.75, 3.05) is 0 Å². The number of amides is 1. The molecule has 0 aliphatic heterocycles. The lowest BCUT2D eigenvalue weighted by atomic mass is 9.95. The van der Waals surface area contributed by atoms with Crippen molar-refractivity contribution >= 4 is 5.91 Å². The lowest BCUT2D eigenvalue weighted by Gasteiger charge is -2.15. The Bertz CT molecular complexity index is 748. The number of phenolic OH excluding ortho intramolecular Hbond substituents is 2. The molecule has 3 rings (SSSR count). The van der Waals surface area contributed by atoms with E-state index in [0.29, 0.717) is 16.7 Å². The molecule has 1 fully saturated rings. The van der Waals surface area contributed by atoms with Crippen LogP contribution in [0.15, 0.2) is 30.3 Å². The fraction of sp³-hybridized carbons (Fsp3) is 0.278. The molecule has 0 unspecified atom stereocenters. The predicted molar refractivity (Wildman–Crippen MR) is 85.2 cm³/mol. The van der Waals surface area contributed by atoms with Gasteiger partial charge in [-0.25, -0.2) is 0 Å². The molecule has 0 bridgehead atoms. The summed E-state index contributed by atoms with van der Waals surface area (Å²) in [4.78, 5) is 12.3. The van der Waals surface area contributed by atoms with Gasteiger partial charge in [-0.05, 0) is 43.9 Å². The summed E-state index contributed by atoms with van der Waals surface area (Å²) in [5.74, 6) is -0.476. The first-order chi connectivity index (χ1) is 10.5. The Labute approximate surface area is 129 Å². The van der Waals surface area contributed by atoms with Gasteiger partial charge in [0.1, 0.15) is 11.5 Å². The van der Waals surface area contributed by atoms with E-state index < -0.39 is 0 Å². The van der Waals surface area contributed by atoms with Crippen molar-refractivity contribution in [3.8, 4) is 22.6 Å². The third-order valence-corrected chi connectivity index (χ3v) is 3.92. The second-order valence-corrected chi connectivity index (χ2v) is 5.93. The molecule has 0 saturated heterocycles. The molecule has 0 atom stereocenters. The molecule has 1 amide bonds. The summed E-state index contributed by atoms with van der Waals surface area (Å²) in [5, 5.41) is 23.7.